The topological polar surface area (TPSA) is 42.7 Å². The minimum atomic E-state index is 0.291. The summed E-state index contributed by atoms with van der Waals surface area (Å²) in [7, 11) is 2.04. The van der Waals surface area contributed by atoms with Crippen LogP contribution in [0.2, 0.25) is 0 Å². The van der Waals surface area contributed by atoms with Crippen molar-refractivity contribution in [2.45, 2.75) is 32.7 Å². The summed E-state index contributed by atoms with van der Waals surface area (Å²) in [4.78, 5) is 8.75. The molecule has 2 aromatic heterocycles. The Hall–Kier alpha value is -1.20. The number of aryl methyl sites for hydroxylation is 2. The number of thiazole rings is 1. The summed E-state index contributed by atoms with van der Waals surface area (Å²) in [6.07, 6.45) is 5.84. The van der Waals surface area contributed by atoms with Crippen molar-refractivity contribution in [1.82, 2.24) is 19.9 Å². The molecule has 2 rings (SSSR count). The Morgan fingerprint density at radius 2 is 2.33 bits per heavy atom. The monoisotopic (exact) mass is 264 g/mol. The fraction of sp³-hybridized carbons (Fsp3) is 0.538. The Morgan fingerprint density at radius 3 is 2.89 bits per heavy atom. The number of hydrogen-bond acceptors (Lipinski definition) is 4. The lowest BCUT2D eigenvalue weighted by molar-refractivity contribution is 0.500. The minimum absolute atomic E-state index is 0.291. The van der Waals surface area contributed by atoms with Crippen molar-refractivity contribution < 1.29 is 0 Å². The van der Waals surface area contributed by atoms with Crippen LogP contribution in [0.4, 0.5) is 0 Å². The molecule has 0 radical (unpaired) electrons. The van der Waals surface area contributed by atoms with Gasteiger partial charge in [0.25, 0.3) is 0 Å². The van der Waals surface area contributed by atoms with Crippen LogP contribution >= 0.6 is 11.3 Å². The average molecular weight is 264 g/mol. The van der Waals surface area contributed by atoms with Crippen molar-refractivity contribution in [3.05, 3.63) is 34.3 Å². The van der Waals surface area contributed by atoms with Crippen molar-refractivity contribution in [3.8, 4) is 0 Å². The highest BCUT2D eigenvalue weighted by atomic mass is 32.1. The van der Waals surface area contributed by atoms with E-state index in [1.807, 2.05) is 26.5 Å². The smallest absolute Gasteiger partial charge is 0.0946 e. The Balaban J connectivity index is 2.12. The zero-order valence-electron chi connectivity index (χ0n) is 11.2. The second-order valence-corrected chi connectivity index (χ2v) is 5.56. The molecule has 0 bridgehead atoms. The van der Waals surface area contributed by atoms with Gasteiger partial charge in [-0.2, -0.15) is 0 Å². The molecule has 0 fully saturated rings. The van der Waals surface area contributed by atoms with E-state index in [0.29, 0.717) is 6.04 Å². The van der Waals surface area contributed by atoms with Crippen LogP contribution in [0, 0.1) is 6.92 Å². The molecule has 0 spiro atoms. The fourth-order valence-electron chi connectivity index (χ4n) is 2.01. The summed E-state index contributed by atoms with van der Waals surface area (Å²) in [5, 5.41) is 6.85. The maximum absolute atomic E-state index is 4.55. The molecule has 0 saturated carbocycles. The molecule has 5 heteroatoms. The van der Waals surface area contributed by atoms with E-state index in [9.17, 15) is 0 Å². The van der Waals surface area contributed by atoms with Gasteiger partial charge in [-0.1, -0.05) is 6.92 Å². The summed E-state index contributed by atoms with van der Waals surface area (Å²) in [5.74, 6) is 0. The highest BCUT2D eigenvalue weighted by Gasteiger charge is 2.16. The minimum Gasteiger partial charge on any atom is -0.336 e. The van der Waals surface area contributed by atoms with Crippen LogP contribution in [0.3, 0.4) is 0 Å². The van der Waals surface area contributed by atoms with Gasteiger partial charge in [0.05, 0.1) is 28.8 Å². The third-order valence-corrected chi connectivity index (χ3v) is 3.75. The van der Waals surface area contributed by atoms with Gasteiger partial charge in [0, 0.05) is 25.0 Å². The van der Waals surface area contributed by atoms with Gasteiger partial charge in [-0.05, 0) is 19.9 Å². The quantitative estimate of drug-likeness (QED) is 0.871. The van der Waals surface area contributed by atoms with Crippen LogP contribution < -0.4 is 5.32 Å². The second-order valence-electron chi connectivity index (χ2n) is 4.50. The van der Waals surface area contributed by atoms with E-state index in [-0.39, 0.29) is 0 Å². The predicted molar refractivity (Wildman–Crippen MR) is 74.8 cm³/mol. The number of imidazole rings is 1. The molecule has 18 heavy (non-hydrogen) atoms. The Labute approximate surface area is 112 Å². The van der Waals surface area contributed by atoms with E-state index in [1.54, 1.807) is 11.3 Å². The zero-order chi connectivity index (χ0) is 13.0. The first-order valence-electron chi connectivity index (χ1n) is 6.31. The van der Waals surface area contributed by atoms with Crippen LogP contribution in [0.15, 0.2) is 17.9 Å². The lowest BCUT2D eigenvalue weighted by Gasteiger charge is -2.18. The maximum atomic E-state index is 4.55. The summed E-state index contributed by atoms with van der Waals surface area (Å²) < 4.78 is 2.08. The van der Waals surface area contributed by atoms with Crippen molar-refractivity contribution in [2.24, 2.45) is 7.05 Å². The van der Waals surface area contributed by atoms with Crippen LogP contribution in [0.5, 0.6) is 0 Å². The molecule has 1 N–H and O–H groups in total. The first-order chi connectivity index (χ1) is 8.70. The first-order valence-corrected chi connectivity index (χ1v) is 7.19. The molecular weight excluding hydrogens is 244 g/mol. The third kappa shape index (κ3) is 3.17. The van der Waals surface area contributed by atoms with Crippen LogP contribution in [0.25, 0.3) is 0 Å². The average Bonchev–Trinajstić information content (AvgIpc) is 2.93. The second kappa shape index (κ2) is 6.11. The SMILES string of the molecule is CCCNC(Cc1csc(C)n1)c1cncn1C. The molecule has 4 nitrogen and oxygen atoms in total. The Morgan fingerprint density at radius 1 is 1.50 bits per heavy atom. The molecule has 0 saturated heterocycles. The van der Waals surface area contributed by atoms with Crippen LogP contribution in [-0.4, -0.2) is 21.1 Å². The highest BCUT2D eigenvalue weighted by molar-refractivity contribution is 7.09. The van der Waals surface area contributed by atoms with Crippen molar-refractivity contribution in [2.75, 3.05) is 6.54 Å². The Bertz CT molecular complexity index is 489. The molecule has 2 aromatic rings. The summed E-state index contributed by atoms with van der Waals surface area (Å²) in [5.41, 5.74) is 2.38. The molecule has 2 heterocycles. The van der Waals surface area contributed by atoms with Gasteiger partial charge < -0.3 is 9.88 Å². The lowest BCUT2D eigenvalue weighted by atomic mass is 10.1. The Kier molecular flexibility index (Phi) is 4.49. The van der Waals surface area contributed by atoms with Crippen LogP contribution in [0.1, 0.15) is 35.8 Å². The summed E-state index contributed by atoms with van der Waals surface area (Å²) >= 11 is 1.71. The first kappa shape index (κ1) is 13.2. The molecule has 0 amide bonds. The summed E-state index contributed by atoms with van der Waals surface area (Å²) in [6.45, 7) is 5.24. The molecule has 1 unspecified atom stereocenters. The zero-order valence-corrected chi connectivity index (χ0v) is 12.0. The van der Waals surface area contributed by atoms with Crippen molar-refractivity contribution >= 4 is 11.3 Å². The summed E-state index contributed by atoms with van der Waals surface area (Å²) in [6, 6.07) is 0.291. The van der Waals surface area contributed by atoms with Gasteiger partial charge in [0.15, 0.2) is 0 Å². The fourth-order valence-corrected chi connectivity index (χ4v) is 2.64. The van der Waals surface area contributed by atoms with Gasteiger partial charge in [-0.15, -0.1) is 11.3 Å². The maximum Gasteiger partial charge on any atom is 0.0946 e. The number of rotatable bonds is 6. The van der Waals surface area contributed by atoms with Crippen molar-refractivity contribution in [3.63, 3.8) is 0 Å². The number of nitrogens with one attached hydrogen (secondary N) is 1. The standard InChI is InChI=1S/C13H20N4S/c1-4-5-15-12(13-7-14-9-17(13)3)6-11-8-18-10(2)16-11/h7-9,12,15H,4-6H2,1-3H3. The predicted octanol–water partition coefficient (Wildman–Crippen LogP) is 2.47. The molecule has 1 atom stereocenters. The van der Waals surface area contributed by atoms with Gasteiger partial charge in [0.2, 0.25) is 0 Å². The number of aromatic nitrogens is 3. The van der Waals surface area contributed by atoms with E-state index < -0.39 is 0 Å². The lowest BCUT2D eigenvalue weighted by Crippen LogP contribution is -2.26. The molecule has 0 aliphatic heterocycles. The van der Waals surface area contributed by atoms with Gasteiger partial charge in [0.1, 0.15) is 0 Å². The largest absolute Gasteiger partial charge is 0.336 e. The molecule has 0 aliphatic rings. The molecule has 98 valence electrons. The van der Waals surface area contributed by atoms with Crippen LogP contribution in [-0.2, 0) is 13.5 Å². The van der Waals surface area contributed by atoms with Crippen molar-refractivity contribution in [1.29, 1.82) is 0 Å². The van der Waals surface area contributed by atoms with Gasteiger partial charge in [-0.3, -0.25) is 0 Å². The van der Waals surface area contributed by atoms with E-state index >= 15 is 0 Å². The van der Waals surface area contributed by atoms with E-state index in [4.69, 9.17) is 0 Å². The number of nitrogens with zero attached hydrogens (tertiary/aromatic N) is 3. The normalized spacial score (nSPS) is 12.8. The highest BCUT2D eigenvalue weighted by Crippen LogP contribution is 2.19. The molecule has 0 aliphatic carbocycles. The van der Waals surface area contributed by atoms with E-state index in [0.717, 1.165) is 30.1 Å². The molecule has 0 aromatic carbocycles. The van der Waals surface area contributed by atoms with E-state index in [1.165, 1.54) is 5.69 Å². The van der Waals surface area contributed by atoms with Gasteiger partial charge >= 0.3 is 0 Å². The van der Waals surface area contributed by atoms with Gasteiger partial charge in [-0.25, -0.2) is 9.97 Å². The number of hydrogen-bond donors (Lipinski definition) is 1. The third-order valence-electron chi connectivity index (χ3n) is 2.93. The molecular formula is C13H20N4S. The van der Waals surface area contributed by atoms with E-state index in [2.05, 4.69) is 32.2 Å².